The third-order valence-corrected chi connectivity index (χ3v) is 8.22. The van der Waals surface area contributed by atoms with E-state index in [1.807, 2.05) is 42.5 Å². The van der Waals surface area contributed by atoms with Crippen molar-refractivity contribution < 1.29 is 14.4 Å². The molecule has 6 nitrogen and oxygen atoms in total. The Morgan fingerprint density at radius 1 is 0.925 bits per heavy atom. The van der Waals surface area contributed by atoms with Gasteiger partial charge in [-0.3, -0.25) is 9.78 Å². The maximum Gasteiger partial charge on any atom is 0.331 e. The Morgan fingerprint density at radius 2 is 1.62 bits per heavy atom. The molecule has 0 amide bonds. The fourth-order valence-corrected chi connectivity index (χ4v) is 6.22. The van der Waals surface area contributed by atoms with E-state index in [1.54, 1.807) is 12.3 Å². The number of pyridine rings is 1. The summed E-state index contributed by atoms with van der Waals surface area (Å²) in [5.74, 6) is 0.252. The van der Waals surface area contributed by atoms with Crippen LogP contribution in [-0.2, 0) is 16.2 Å². The third-order valence-electron chi connectivity index (χ3n) is 8.22. The van der Waals surface area contributed by atoms with Gasteiger partial charge in [-0.05, 0) is 68.1 Å². The molecule has 0 saturated heterocycles. The second-order valence-electron chi connectivity index (χ2n) is 10.7. The summed E-state index contributed by atoms with van der Waals surface area (Å²) in [7, 11) is 0. The average Bonchev–Trinajstić information content (AvgIpc) is 3.61. The van der Waals surface area contributed by atoms with Crippen LogP contribution in [-0.4, -0.2) is 27.0 Å². The molecule has 0 unspecified atom stereocenters. The zero-order valence-electron chi connectivity index (χ0n) is 23.0. The van der Waals surface area contributed by atoms with E-state index in [-0.39, 0.29) is 5.78 Å². The fraction of sp³-hybridized carbons (Fsp3) is 0.294. The Morgan fingerprint density at radius 3 is 2.35 bits per heavy atom. The van der Waals surface area contributed by atoms with Crippen LogP contribution in [0.1, 0.15) is 73.9 Å². The summed E-state index contributed by atoms with van der Waals surface area (Å²) < 4.78 is 2.27. The quantitative estimate of drug-likeness (QED) is 0.0885. The van der Waals surface area contributed by atoms with Gasteiger partial charge in [-0.25, -0.2) is 4.79 Å². The number of benzene rings is 3. The number of nitrogens with zero attached hydrogens (tertiary/aromatic N) is 3. The van der Waals surface area contributed by atoms with Crippen molar-refractivity contribution in [1.82, 2.24) is 9.55 Å². The number of fused-ring (bicyclic) bond motifs is 4. The first-order valence-corrected chi connectivity index (χ1v) is 14.2. The van der Waals surface area contributed by atoms with Gasteiger partial charge in [0, 0.05) is 63.5 Å². The second-order valence-corrected chi connectivity index (χ2v) is 10.7. The highest BCUT2D eigenvalue weighted by atomic mass is 16.7. The predicted octanol–water partition coefficient (Wildman–Crippen LogP) is 7.83. The maximum atomic E-state index is 13.7. The van der Waals surface area contributed by atoms with Gasteiger partial charge < -0.3 is 9.40 Å². The van der Waals surface area contributed by atoms with Crippen LogP contribution in [0.3, 0.4) is 0 Å². The predicted molar refractivity (Wildman–Crippen MR) is 160 cm³/mol. The fourth-order valence-electron chi connectivity index (χ4n) is 6.22. The first-order valence-electron chi connectivity index (χ1n) is 14.2. The molecule has 1 aliphatic rings. The number of ketones is 1. The Bertz CT molecular complexity index is 1770. The SMILES string of the molecule is CCn1c2ccc(C(=O)c3ccnc4ccccc34)cc2c2cc(/C(CCC3CCCC3)=N/OC(C)=O)ccc21. The van der Waals surface area contributed by atoms with Crippen LogP contribution in [0.15, 0.2) is 78.1 Å². The Balaban J connectivity index is 1.44. The first kappa shape index (κ1) is 25.9. The van der Waals surface area contributed by atoms with Gasteiger partial charge in [0.25, 0.3) is 0 Å². The summed E-state index contributed by atoms with van der Waals surface area (Å²) in [6.45, 7) is 4.31. The lowest BCUT2D eigenvalue weighted by Crippen LogP contribution is -2.07. The summed E-state index contributed by atoms with van der Waals surface area (Å²) in [5.41, 5.74) is 6.00. The maximum absolute atomic E-state index is 13.7. The summed E-state index contributed by atoms with van der Waals surface area (Å²) in [6.07, 6.45) is 8.59. The molecule has 0 atom stereocenters. The van der Waals surface area contributed by atoms with Gasteiger partial charge >= 0.3 is 5.97 Å². The van der Waals surface area contributed by atoms with E-state index in [1.165, 1.54) is 32.6 Å². The molecule has 6 heteroatoms. The average molecular weight is 532 g/mol. The van der Waals surface area contributed by atoms with Crippen LogP contribution in [0.5, 0.6) is 0 Å². The standard InChI is InChI=1S/C34H33N3O3/c1-3-37-32-16-13-24(30(36-40-22(2)38)15-12-23-8-4-5-9-23)20-28(32)29-21-25(14-17-33(29)37)34(39)27-18-19-35-31-11-7-6-10-26(27)31/h6-7,10-11,13-14,16-21,23H,3-5,8-9,12,15H2,1-2H3/b36-30+. The number of rotatable bonds is 8. The minimum absolute atomic E-state index is 0.0253. The second kappa shape index (κ2) is 11.0. The lowest BCUT2D eigenvalue weighted by Gasteiger charge is -2.11. The van der Waals surface area contributed by atoms with E-state index >= 15 is 0 Å². The van der Waals surface area contributed by atoms with E-state index in [9.17, 15) is 9.59 Å². The molecule has 0 aliphatic heterocycles. The van der Waals surface area contributed by atoms with Gasteiger partial charge in [0.05, 0.1) is 11.2 Å². The molecule has 2 heterocycles. The molecule has 5 aromatic rings. The van der Waals surface area contributed by atoms with Crippen molar-refractivity contribution in [3.63, 3.8) is 0 Å². The zero-order chi connectivity index (χ0) is 27.6. The molecule has 0 radical (unpaired) electrons. The van der Waals surface area contributed by atoms with Crippen LogP contribution < -0.4 is 0 Å². The molecular formula is C34H33N3O3. The van der Waals surface area contributed by atoms with E-state index in [0.717, 1.165) is 63.4 Å². The van der Waals surface area contributed by atoms with Crippen LogP contribution >= 0.6 is 0 Å². The van der Waals surface area contributed by atoms with Gasteiger partial charge in [-0.15, -0.1) is 0 Å². The summed E-state index contributed by atoms with van der Waals surface area (Å²) in [5, 5.41) is 7.21. The molecule has 202 valence electrons. The molecule has 1 saturated carbocycles. The highest BCUT2D eigenvalue weighted by molar-refractivity contribution is 6.19. The Kier molecular flexibility index (Phi) is 7.16. The number of carbonyl (C=O) groups excluding carboxylic acids is 2. The Labute approximate surface area is 233 Å². The first-order chi connectivity index (χ1) is 19.5. The number of carbonyl (C=O) groups is 2. The lowest BCUT2D eigenvalue weighted by molar-refractivity contribution is -0.140. The van der Waals surface area contributed by atoms with Crippen molar-refractivity contribution in [1.29, 1.82) is 0 Å². The largest absolute Gasteiger partial charge is 0.341 e. The topological polar surface area (TPSA) is 73.6 Å². The van der Waals surface area contributed by atoms with E-state index < -0.39 is 5.97 Å². The molecule has 2 aromatic heterocycles. The molecular weight excluding hydrogens is 498 g/mol. The molecule has 0 spiro atoms. The van der Waals surface area contributed by atoms with Crippen molar-refractivity contribution in [2.75, 3.05) is 0 Å². The normalized spacial score (nSPS) is 14.4. The van der Waals surface area contributed by atoms with Gasteiger partial charge in [0.1, 0.15) is 0 Å². The number of hydrogen-bond donors (Lipinski definition) is 0. The minimum Gasteiger partial charge on any atom is -0.341 e. The smallest absolute Gasteiger partial charge is 0.331 e. The molecule has 0 bridgehead atoms. The molecule has 3 aromatic carbocycles. The molecule has 0 N–H and O–H groups in total. The molecule has 6 rings (SSSR count). The van der Waals surface area contributed by atoms with Crippen molar-refractivity contribution in [3.8, 4) is 0 Å². The monoisotopic (exact) mass is 531 g/mol. The molecule has 1 aliphatic carbocycles. The van der Waals surface area contributed by atoms with Crippen molar-refractivity contribution >= 4 is 50.2 Å². The van der Waals surface area contributed by atoms with Gasteiger partial charge in [-0.2, -0.15) is 0 Å². The van der Waals surface area contributed by atoms with Gasteiger partial charge in [-0.1, -0.05) is 55.1 Å². The summed E-state index contributed by atoms with van der Waals surface area (Å²) in [4.78, 5) is 34.9. The van der Waals surface area contributed by atoms with Crippen LogP contribution in [0.25, 0.3) is 32.7 Å². The van der Waals surface area contributed by atoms with E-state index in [0.29, 0.717) is 17.0 Å². The van der Waals surface area contributed by atoms with Crippen LogP contribution in [0, 0.1) is 5.92 Å². The highest BCUT2D eigenvalue weighted by Crippen LogP contribution is 2.33. The number of hydrogen-bond acceptors (Lipinski definition) is 5. The van der Waals surface area contributed by atoms with Gasteiger partial charge in [0.2, 0.25) is 0 Å². The number of aromatic nitrogens is 2. The van der Waals surface area contributed by atoms with Crippen molar-refractivity contribution in [2.45, 2.75) is 58.9 Å². The van der Waals surface area contributed by atoms with Crippen molar-refractivity contribution in [2.24, 2.45) is 11.1 Å². The third kappa shape index (κ3) is 4.90. The van der Waals surface area contributed by atoms with Crippen molar-refractivity contribution in [3.05, 3.63) is 89.6 Å². The number of aryl methyl sites for hydroxylation is 1. The van der Waals surface area contributed by atoms with E-state index in [4.69, 9.17) is 4.84 Å². The Hall–Kier alpha value is -4.32. The minimum atomic E-state index is -0.422. The number of para-hydroxylation sites is 1. The number of oxime groups is 1. The highest BCUT2D eigenvalue weighted by Gasteiger charge is 2.19. The summed E-state index contributed by atoms with van der Waals surface area (Å²) >= 11 is 0. The van der Waals surface area contributed by atoms with Gasteiger partial charge in [0.15, 0.2) is 5.78 Å². The molecule has 40 heavy (non-hydrogen) atoms. The summed E-state index contributed by atoms with van der Waals surface area (Å²) in [6, 6.07) is 21.8. The van der Waals surface area contributed by atoms with Crippen LogP contribution in [0.4, 0.5) is 0 Å². The molecule has 1 fully saturated rings. The zero-order valence-corrected chi connectivity index (χ0v) is 23.0. The van der Waals surface area contributed by atoms with E-state index in [2.05, 4.69) is 39.8 Å². The van der Waals surface area contributed by atoms with Crippen LogP contribution in [0.2, 0.25) is 0 Å². The lowest BCUT2D eigenvalue weighted by atomic mass is 9.95.